The van der Waals surface area contributed by atoms with Gasteiger partial charge in [-0.1, -0.05) is 23.2 Å². The van der Waals surface area contributed by atoms with E-state index >= 15 is 0 Å². The summed E-state index contributed by atoms with van der Waals surface area (Å²) in [5.74, 6) is 0.588. The fourth-order valence-corrected chi connectivity index (χ4v) is 4.15. The molecule has 0 saturated carbocycles. The van der Waals surface area contributed by atoms with E-state index in [2.05, 4.69) is 15.2 Å². The van der Waals surface area contributed by atoms with E-state index in [0.717, 1.165) is 25.3 Å². The lowest BCUT2D eigenvalue weighted by molar-refractivity contribution is 0.122. The molecule has 6 N–H and O–H groups in total. The van der Waals surface area contributed by atoms with Crippen molar-refractivity contribution in [1.82, 2.24) is 4.98 Å². The van der Waals surface area contributed by atoms with Crippen LogP contribution in [0.1, 0.15) is 18.4 Å². The first kappa shape index (κ1) is 20.8. The van der Waals surface area contributed by atoms with E-state index in [9.17, 15) is 15.3 Å². The van der Waals surface area contributed by atoms with E-state index in [4.69, 9.17) is 28.9 Å². The van der Waals surface area contributed by atoms with Crippen LogP contribution in [0.25, 0.3) is 5.57 Å². The highest BCUT2D eigenvalue weighted by molar-refractivity contribution is 6.37. The molecule has 2 aliphatic rings. The molecular formula is C21H22Cl2N4O3. The number of hydrogen-bond donors (Lipinski definition) is 5. The quantitative estimate of drug-likeness (QED) is 0.453. The number of anilines is 2. The SMILES string of the molecule is NC1CCN(c2ccc(NC3(O)C=C(c4cc(Cl)c(O)c(Cl)c4)C(O)=CC3)cn2)C1. The van der Waals surface area contributed by atoms with Gasteiger partial charge in [-0.05, 0) is 48.4 Å². The summed E-state index contributed by atoms with van der Waals surface area (Å²) in [6, 6.07) is 6.83. The van der Waals surface area contributed by atoms with E-state index < -0.39 is 5.72 Å². The van der Waals surface area contributed by atoms with Crippen LogP contribution in [0.15, 0.2) is 48.4 Å². The molecule has 0 bridgehead atoms. The number of nitrogens with two attached hydrogens (primary N) is 1. The van der Waals surface area contributed by atoms with Gasteiger partial charge in [-0.15, -0.1) is 0 Å². The van der Waals surface area contributed by atoms with E-state index in [0.29, 0.717) is 16.8 Å². The Hall–Kier alpha value is -2.45. The van der Waals surface area contributed by atoms with Gasteiger partial charge in [-0.3, -0.25) is 0 Å². The third kappa shape index (κ3) is 4.20. The first-order valence-corrected chi connectivity index (χ1v) is 10.3. The number of pyridine rings is 1. The van der Waals surface area contributed by atoms with Crippen LogP contribution < -0.4 is 16.0 Å². The monoisotopic (exact) mass is 448 g/mol. The van der Waals surface area contributed by atoms with Crippen molar-refractivity contribution < 1.29 is 15.3 Å². The third-order valence-electron chi connectivity index (χ3n) is 5.25. The summed E-state index contributed by atoms with van der Waals surface area (Å²) >= 11 is 12.0. The summed E-state index contributed by atoms with van der Waals surface area (Å²) in [6.45, 7) is 1.65. The molecule has 1 aromatic heterocycles. The number of phenolic OH excluding ortho intramolecular Hbond substituents is 1. The minimum atomic E-state index is -1.46. The zero-order valence-electron chi connectivity index (χ0n) is 16.0. The van der Waals surface area contributed by atoms with Crippen molar-refractivity contribution in [2.45, 2.75) is 24.6 Å². The number of allylic oxidation sites excluding steroid dienone is 1. The second-order valence-corrected chi connectivity index (χ2v) is 8.40. The normalized spacial score (nSPS) is 23.9. The molecule has 158 valence electrons. The summed E-state index contributed by atoms with van der Waals surface area (Å²) in [7, 11) is 0. The highest BCUT2D eigenvalue weighted by Gasteiger charge is 2.30. The van der Waals surface area contributed by atoms with Gasteiger partial charge in [0.05, 0.1) is 21.9 Å². The highest BCUT2D eigenvalue weighted by Crippen LogP contribution is 2.39. The molecule has 0 spiro atoms. The molecule has 30 heavy (non-hydrogen) atoms. The molecule has 2 atom stereocenters. The molecule has 9 heteroatoms. The van der Waals surface area contributed by atoms with Crippen LogP contribution in [0, 0.1) is 0 Å². The number of nitrogens with one attached hydrogen (secondary N) is 1. The van der Waals surface area contributed by atoms with Crippen molar-refractivity contribution in [3.63, 3.8) is 0 Å². The first-order valence-electron chi connectivity index (χ1n) is 9.52. The molecular weight excluding hydrogens is 427 g/mol. The van der Waals surface area contributed by atoms with Crippen molar-refractivity contribution in [2.24, 2.45) is 5.73 Å². The third-order valence-corrected chi connectivity index (χ3v) is 5.83. The van der Waals surface area contributed by atoms with Gasteiger partial charge in [-0.25, -0.2) is 4.98 Å². The Morgan fingerprint density at radius 2 is 1.93 bits per heavy atom. The van der Waals surface area contributed by atoms with E-state index in [1.54, 1.807) is 6.20 Å². The molecule has 2 heterocycles. The van der Waals surface area contributed by atoms with E-state index in [1.807, 2.05) is 12.1 Å². The molecule has 2 unspecified atom stereocenters. The number of rotatable bonds is 4. The number of hydrogen-bond acceptors (Lipinski definition) is 7. The van der Waals surface area contributed by atoms with Gasteiger partial charge < -0.3 is 31.3 Å². The van der Waals surface area contributed by atoms with E-state index in [-0.39, 0.29) is 34.0 Å². The Morgan fingerprint density at radius 3 is 2.53 bits per heavy atom. The predicted octanol–water partition coefficient (Wildman–Crippen LogP) is 3.66. The summed E-state index contributed by atoms with van der Waals surface area (Å²) in [5.41, 5.74) is 5.93. The number of aromatic nitrogens is 1. The predicted molar refractivity (Wildman–Crippen MR) is 119 cm³/mol. The van der Waals surface area contributed by atoms with Crippen LogP contribution >= 0.6 is 23.2 Å². The lowest BCUT2D eigenvalue weighted by Crippen LogP contribution is -2.37. The smallest absolute Gasteiger partial charge is 0.159 e. The Morgan fingerprint density at radius 1 is 1.20 bits per heavy atom. The summed E-state index contributed by atoms with van der Waals surface area (Å²) in [4.78, 5) is 6.59. The van der Waals surface area contributed by atoms with Crippen molar-refractivity contribution in [3.8, 4) is 5.75 Å². The summed E-state index contributed by atoms with van der Waals surface area (Å²) < 4.78 is 0. The molecule has 1 fully saturated rings. The molecule has 1 saturated heterocycles. The zero-order valence-corrected chi connectivity index (χ0v) is 17.5. The average molecular weight is 449 g/mol. The summed E-state index contributed by atoms with van der Waals surface area (Å²) in [5, 5.41) is 34.3. The number of aliphatic hydroxyl groups excluding tert-OH is 1. The molecule has 0 amide bonds. The maximum atomic E-state index is 11.1. The standard InChI is InChI=1S/C21H22Cl2N4O3/c22-16-7-12(8-17(23)20(16)29)15-9-21(30,5-3-18(15)28)26-14-1-2-19(25-10-14)27-6-4-13(24)11-27/h1-3,7-10,13,26,28-30H,4-6,11,24H2. The van der Waals surface area contributed by atoms with Crippen LogP contribution in [0.4, 0.5) is 11.5 Å². The van der Waals surface area contributed by atoms with Gasteiger partial charge >= 0.3 is 0 Å². The second kappa shape index (κ2) is 8.00. The van der Waals surface area contributed by atoms with Crippen molar-refractivity contribution in [2.75, 3.05) is 23.3 Å². The van der Waals surface area contributed by atoms with Crippen molar-refractivity contribution >= 4 is 40.3 Å². The molecule has 1 aromatic carbocycles. The number of phenols is 1. The fraction of sp³-hybridized carbons (Fsp3) is 0.286. The lowest BCUT2D eigenvalue weighted by Gasteiger charge is -2.30. The molecule has 1 aliphatic carbocycles. The van der Waals surface area contributed by atoms with Gasteiger partial charge in [0, 0.05) is 31.1 Å². The minimum absolute atomic E-state index is 0.0156. The molecule has 4 rings (SSSR count). The topological polar surface area (TPSA) is 115 Å². The number of aromatic hydroxyl groups is 1. The maximum Gasteiger partial charge on any atom is 0.159 e. The first-order chi connectivity index (χ1) is 14.2. The lowest BCUT2D eigenvalue weighted by atomic mass is 9.92. The highest BCUT2D eigenvalue weighted by atomic mass is 35.5. The Bertz CT molecular complexity index is 1000. The zero-order chi connectivity index (χ0) is 21.5. The number of aliphatic hydroxyl groups is 2. The number of nitrogens with zero attached hydrogens (tertiary/aromatic N) is 2. The minimum Gasteiger partial charge on any atom is -0.508 e. The van der Waals surface area contributed by atoms with Gasteiger partial charge in [0.2, 0.25) is 0 Å². The number of benzene rings is 1. The molecule has 7 nitrogen and oxygen atoms in total. The summed E-state index contributed by atoms with van der Waals surface area (Å²) in [6.07, 6.45) is 5.73. The molecule has 1 aliphatic heterocycles. The Balaban J connectivity index is 1.57. The van der Waals surface area contributed by atoms with Crippen LogP contribution in [-0.2, 0) is 0 Å². The van der Waals surface area contributed by atoms with Crippen LogP contribution in [0.3, 0.4) is 0 Å². The second-order valence-electron chi connectivity index (χ2n) is 7.59. The average Bonchev–Trinajstić information content (AvgIpc) is 3.15. The number of halogens is 2. The van der Waals surface area contributed by atoms with Crippen LogP contribution in [0.2, 0.25) is 10.0 Å². The largest absolute Gasteiger partial charge is 0.508 e. The maximum absolute atomic E-state index is 11.1. The van der Waals surface area contributed by atoms with Crippen molar-refractivity contribution in [3.05, 3.63) is 64.0 Å². The molecule has 2 aromatic rings. The van der Waals surface area contributed by atoms with Crippen LogP contribution in [-0.4, -0.2) is 45.2 Å². The van der Waals surface area contributed by atoms with Gasteiger partial charge in [0.1, 0.15) is 11.6 Å². The van der Waals surface area contributed by atoms with Crippen LogP contribution in [0.5, 0.6) is 5.75 Å². The van der Waals surface area contributed by atoms with Gasteiger partial charge in [0.25, 0.3) is 0 Å². The molecule has 0 radical (unpaired) electrons. The van der Waals surface area contributed by atoms with Gasteiger partial charge in [0.15, 0.2) is 11.5 Å². The van der Waals surface area contributed by atoms with E-state index in [1.165, 1.54) is 24.3 Å². The Labute approximate surface area is 184 Å². The fourth-order valence-electron chi connectivity index (χ4n) is 3.67. The van der Waals surface area contributed by atoms with Gasteiger partial charge in [-0.2, -0.15) is 0 Å². The Kier molecular flexibility index (Phi) is 5.55. The van der Waals surface area contributed by atoms with Crippen molar-refractivity contribution in [1.29, 1.82) is 0 Å².